The van der Waals surface area contributed by atoms with E-state index in [1.165, 1.54) is 19.3 Å². The first-order chi connectivity index (χ1) is 7.36. The van der Waals surface area contributed by atoms with Crippen molar-refractivity contribution in [3.63, 3.8) is 0 Å². The highest BCUT2D eigenvalue weighted by Crippen LogP contribution is 2.17. The summed E-state index contributed by atoms with van der Waals surface area (Å²) in [7, 11) is 4.04. The molecule has 1 unspecified atom stereocenters. The lowest BCUT2D eigenvalue weighted by Gasteiger charge is -2.38. The van der Waals surface area contributed by atoms with Crippen LogP contribution in [0.2, 0.25) is 0 Å². The van der Waals surface area contributed by atoms with Crippen molar-refractivity contribution in [2.45, 2.75) is 25.3 Å². The van der Waals surface area contributed by atoms with E-state index >= 15 is 0 Å². The lowest BCUT2D eigenvalue weighted by atomic mass is 10.0. The predicted octanol–water partition coefficient (Wildman–Crippen LogP) is 2.71. The molecule has 1 aromatic carbocycles. The van der Waals surface area contributed by atoms with E-state index in [1.54, 1.807) is 0 Å². The minimum Gasteiger partial charge on any atom is -0.492 e. The molecular weight excluding hydrogens is 186 g/mol. The van der Waals surface area contributed by atoms with Gasteiger partial charge in [-0.1, -0.05) is 24.6 Å². The molecule has 2 heteroatoms. The largest absolute Gasteiger partial charge is 0.492 e. The molecule has 1 aromatic rings. The molecule has 15 heavy (non-hydrogen) atoms. The highest BCUT2D eigenvalue weighted by Gasteiger charge is 2.14. The minimum atomic E-state index is 0.485. The SMILES string of the molecule is [CH2-]N1CCCCC1COc1ccccc1. The Kier molecular flexibility index (Phi) is 3.62. The molecule has 0 bridgehead atoms. The third-order valence-electron chi connectivity index (χ3n) is 2.93. The summed E-state index contributed by atoms with van der Waals surface area (Å²) < 4.78 is 5.73. The molecular formula is C13H18NO-. The van der Waals surface area contributed by atoms with Gasteiger partial charge in [-0.2, -0.15) is 0 Å². The summed E-state index contributed by atoms with van der Waals surface area (Å²) in [6, 6.07) is 10.5. The number of nitrogens with zero attached hydrogens (tertiary/aromatic N) is 1. The fourth-order valence-electron chi connectivity index (χ4n) is 1.96. The molecule has 0 amide bonds. The summed E-state index contributed by atoms with van der Waals surface area (Å²) in [4.78, 5) is 2.16. The van der Waals surface area contributed by atoms with Gasteiger partial charge in [0.2, 0.25) is 0 Å². The van der Waals surface area contributed by atoms with Gasteiger partial charge in [-0.3, -0.25) is 7.05 Å². The second-order valence-corrected chi connectivity index (χ2v) is 4.09. The van der Waals surface area contributed by atoms with Crippen LogP contribution < -0.4 is 4.74 Å². The normalized spacial score (nSPS) is 22.6. The molecule has 1 aliphatic heterocycles. The first-order valence-electron chi connectivity index (χ1n) is 5.61. The second-order valence-electron chi connectivity index (χ2n) is 4.09. The van der Waals surface area contributed by atoms with Crippen molar-refractivity contribution >= 4 is 0 Å². The van der Waals surface area contributed by atoms with Crippen molar-refractivity contribution in [1.29, 1.82) is 0 Å². The van der Waals surface area contributed by atoms with Crippen molar-refractivity contribution in [3.8, 4) is 5.75 Å². The number of hydrogen-bond donors (Lipinski definition) is 0. The summed E-state index contributed by atoms with van der Waals surface area (Å²) in [5, 5.41) is 0. The Hall–Kier alpha value is -1.02. The monoisotopic (exact) mass is 204 g/mol. The van der Waals surface area contributed by atoms with Gasteiger partial charge in [0, 0.05) is 6.04 Å². The predicted molar refractivity (Wildman–Crippen MR) is 61.6 cm³/mol. The Bertz CT molecular complexity index is 286. The Morgan fingerprint density at radius 1 is 1.27 bits per heavy atom. The lowest BCUT2D eigenvalue weighted by Crippen LogP contribution is -2.38. The molecule has 0 spiro atoms. The van der Waals surface area contributed by atoms with Gasteiger partial charge in [-0.05, 0) is 31.5 Å². The Morgan fingerprint density at radius 2 is 2.07 bits per heavy atom. The van der Waals surface area contributed by atoms with Gasteiger partial charge in [0.05, 0.1) is 0 Å². The van der Waals surface area contributed by atoms with Crippen molar-refractivity contribution < 1.29 is 4.74 Å². The number of ether oxygens (including phenoxy) is 1. The van der Waals surface area contributed by atoms with Crippen LogP contribution in [0.1, 0.15) is 19.3 Å². The molecule has 1 saturated heterocycles. The number of para-hydroxylation sites is 1. The van der Waals surface area contributed by atoms with Gasteiger partial charge in [0.25, 0.3) is 0 Å². The van der Waals surface area contributed by atoms with E-state index in [0.717, 1.165) is 18.9 Å². The first-order valence-corrected chi connectivity index (χ1v) is 5.61. The van der Waals surface area contributed by atoms with Gasteiger partial charge in [-0.15, -0.1) is 0 Å². The number of piperidine rings is 1. The molecule has 82 valence electrons. The van der Waals surface area contributed by atoms with Crippen molar-refractivity contribution in [2.75, 3.05) is 13.2 Å². The van der Waals surface area contributed by atoms with Crippen molar-refractivity contribution in [1.82, 2.24) is 4.90 Å². The Morgan fingerprint density at radius 3 is 2.80 bits per heavy atom. The standard InChI is InChI=1S/C13H18NO/c1-14-10-6-5-7-12(14)11-15-13-8-3-2-4-9-13/h2-4,8-9,12H,1,5-7,10-11H2/q-1. The molecule has 1 aliphatic rings. The molecule has 1 heterocycles. The minimum absolute atomic E-state index is 0.485. The zero-order valence-electron chi connectivity index (χ0n) is 9.06. The zero-order chi connectivity index (χ0) is 10.5. The van der Waals surface area contributed by atoms with Gasteiger partial charge >= 0.3 is 0 Å². The van der Waals surface area contributed by atoms with Crippen LogP contribution in [-0.2, 0) is 0 Å². The van der Waals surface area contributed by atoms with E-state index in [0.29, 0.717) is 6.04 Å². The van der Waals surface area contributed by atoms with Crippen LogP contribution >= 0.6 is 0 Å². The van der Waals surface area contributed by atoms with Crippen LogP contribution in [0.15, 0.2) is 30.3 Å². The maximum absolute atomic E-state index is 5.73. The third-order valence-corrected chi connectivity index (χ3v) is 2.93. The molecule has 0 radical (unpaired) electrons. The quantitative estimate of drug-likeness (QED) is 0.702. The maximum Gasteiger partial charge on any atom is 0.119 e. The van der Waals surface area contributed by atoms with Crippen LogP contribution in [0.3, 0.4) is 0 Å². The zero-order valence-corrected chi connectivity index (χ0v) is 9.06. The summed E-state index contributed by atoms with van der Waals surface area (Å²) in [5.74, 6) is 0.955. The summed E-state index contributed by atoms with van der Waals surface area (Å²) in [5.41, 5.74) is 0. The third kappa shape index (κ3) is 2.96. The molecule has 0 saturated carbocycles. The van der Waals surface area contributed by atoms with Gasteiger partial charge in [-0.25, -0.2) is 0 Å². The first kappa shape index (κ1) is 10.5. The average molecular weight is 204 g/mol. The van der Waals surface area contributed by atoms with E-state index < -0.39 is 0 Å². The van der Waals surface area contributed by atoms with Gasteiger partial charge in [0.15, 0.2) is 0 Å². The van der Waals surface area contributed by atoms with Crippen LogP contribution in [0.5, 0.6) is 5.75 Å². The summed E-state index contributed by atoms with van der Waals surface area (Å²) >= 11 is 0. The summed E-state index contributed by atoms with van der Waals surface area (Å²) in [6.07, 6.45) is 3.77. The van der Waals surface area contributed by atoms with Crippen LogP contribution in [0.4, 0.5) is 0 Å². The molecule has 0 aliphatic carbocycles. The maximum atomic E-state index is 5.73. The van der Waals surface area contributed by atoms with Crippen LogP contribution in [-0.4, -0.2) is 24.1 Å². The molecule has 2 nitrogen and oxygen atoms in total. The number of hydrogen-bond acceptors (Lipinski definition) is 2. The number of rotatable bonds is 3. The van der Waals surface area contributed by atoms with E-state index in [1.807, 2.05) is 30.3 Å². The fourth-order valence-corrected chi connectivity index (χ4v) is 1.96. The summed E-state index contributed by atoms with van der Waals surface area (Å²) in [6.45, 7) is 1.86. The fraction of sp³-hybridized carbons (Fsp3) is 0.462. The topological polar surface area (TPSA) is 12.5 Å². The molecule has 1 fully saturated rings. The highest BCUT2D eigenvalue weighted by molar-refractivity contribution is 5.20. The van der Waals surface area contributed by atoms with Crippen molar-refractivity contribution in [2.24, 2.45) is 0 Å². The Labute approximate surface area is 91.9 Å². The average Bonchev–Trinajstić information content (AvgIpc) is 2.29. The number of likely N-dealkylation sites (tertiary alicyclic amines) is 1. The smallest absolute Gasteiger partial charge is 0.119 e. The van der Waals surface area contributed by atoms with E-state index in [9.17, 15) is 0 Å². The highest BCUT2D eigenvalue weighted by atomic mass is 16.5. The molecule has 1 atom stereocenters. The Balaban J connectivity index is 1.82. The lowest BCUT2D eigenvalue weighted by molar-refractivity contribution is 0.140. The molecule has 0 aromatic heterocycles. The van der Waals surface area contributed by atoms with Gasteiger partial charge in [0.1, 0.15) is 12.4 Å². The van der Waals surface area contributed by atoms with E-state index in [4.69, 9.17) is 4.74 Å². The van der Waals surface area contributed by atoms with E-state index in [-0.39, 0.29) is 0 Å². The molecule has 0 N–H and O–H groups in total. The van der Waals surface area contributed by atoms with Crippen molar-refractivity contribution in [3.05, 3.63) is 37.4 Å². The number of benzene rings is 1. The van der Waals surface area contributed by atoms with E-state index in [2.05, 4.69) is 11.9 Å². The van der Waals surface area contributed by atoms with Gasteiger partial charge < -0.3 is 9.64 Å². The molecule has 2 rings (SSSR count). The second kappa shape index (κ2) is 5.17. The van der Waals surface area contributed by atoms with Crippen LogP contribution in [0.25, 0.3) is 0 Å². The van der Waals surface area contributed by atoms with Crippen LogP contribution in [0, 0.1) is 7.05 Å².